The molecule has 1 N–H and O–H groups in total. The first-order valence-corrected chi connectivity index (χ1v) is 8.29. The first-order chi connectivity index (χ1) is 11.4. The Morgan fingerprint density at radius 1 is 1.29 bits per heavy atom. The first-order valence-electron chi connectivity index (χ1n) is 7.50. The predicted molar refractivity (Wildman–Crippen MR) is 96.7 cm³/mol. The van der Waals surface area contributed by atoms with Crippen LogP contribution < -0.4 is 10.1 Å². The van der Waals surface area contributed by atoms with Crippen molar-refractivity contribution in [2.45, 2.75) is 19.5 Å². The number of benzene rings is 2. The SMILES string of the molecule is COc1ccc(CN(C)[C@H](C)C(=O)Nc2ccc(Br)cc2)cc1F. The number of rotatable bonds is 6. The zero-order chi connectivity index (χ0) is 17.7. The number of halogens is 2. The van der Waals surface area contributed by atoms with E-state index >= 15 is 0 Å². The molecule has 0 saturated carbocycles. The van der Waals surface area contributed by atoms with Crippen molar-refractivity contribution in [3.63, 3.8) is 0 Å². The minimum Gasteiger partial charge on any atom is -0.494 e. The molecule has 1 amide bonds. The van der Waals surface area contributed by atoms with Gasteiger partial charge in [-0.25, -0.2) is 4.39 Å². The molecule has 0 saturated heterocycles. The Balaban J connectivity index is 1.97. The Morgan fingerprint density at radius 2 is 1.96 bits per heavy atom. The molecule has 6 heteroatoms. The van der Waals surface area contributed by atoms with Gasteiger partial charge in [0.25, 0.3) is 0 Å². The lowest BCUT2D eigenvalue weighted by atomic mass is 10.1. The molecule has 0 heterocycles. The van der Waals surface area contributed by atoms with E-state index in [1.165, 1.54) is 13.2 Å². The average molecular weight is 395 g/mol. The third-order valence-corrected chi connectivity index (χ3v) is 4.33. The number of nitrogens with zero attached hydrogens (tertiary/aromatic N) is 1. The Kier molecular flexibility index (Phi) is 6.34. The number of carbonyl (C=O) groups is 1. The van der Waals surface area contributed by atoms with E-state index in [1.54, 1.807) is 12.1 Å². The van der Waals surface area contributed by atoms with E-state index in [2.05, 4.69) is 21.2 Å². The molecular formula is C18H20BrFN2O2. The third-order valence-electron chi connectivity index (χ3n) is 3.80. The summed E-state index contributed by atoms with van der Waals surface area (Å²) in [5.41, 5.74) is 1.51. The Morgan fingerprint density at radius 3 is 2.54 bits per heavy atom. The van der Waals surface area contributed by atoms with Crippen molar-refractivity contribution < 1.29 is 13.9 Å². The summed E-state index contributed by atoms with van der Waals surface area (Å²) < 4.78 is 19.6. The van der Waals surface area contributed by atoms with Gasteiger partial charge in [-0.2, -0.15) is 0 Å². The highest BCUT2D eigenvalue weighted by atomic mass is 79.9. The molecule has 4 nitrogen and oxygen atoms in total. The molecule has 0 radical (unpaired) electrons. The van der Waals surface area contributed by atoms with E-state index < -0.39 is 5.82 Å². The Labute approximate surface area is 149 Å². The van der Waals surface area contributed by atoms with Gasteiger partial charge >= 0.3 is 0 Å². The summed E-state index contributed by atoms with van der Waals surface area (Å²) in [7, 11) is 3.26. The highest BCUT2D eigenvalue weighted by Gasteiger charge is 2.18. The number of anilines is 1. The van der Waals surface area contributed by atoms with Gasteiger partial charge in [-0.3, -0.25) is 9.69 Å². The summed E-state index contributed by atoms with van der Waals surface area (Å²) in [4.78, 5) is 14.2. The number of hydrogen-bond acceptors (Lipinski definition) is 3. The van der Waals surface area contributed by atoms with Crippen LogP contribution in [-0.2, 0) is 11.3 Å². The maximum Gasteiger partial charge on any atom is 0.241 e. The molecule has 0 bridgehead atoms. The topological polar surface area (TPSA) is 41.6 Å². The van der Waals surface area contributed by atoms with Crippen LogP contribution in [0.25, 0.3) is 0 Å². The Bertz CT molecular complexity index is 707. The van der Waals surface area contributed by atoms with E-state index in [0.717, 1.165) is 15.7 Å². The van der Waals surface area contributed by atoms with E-state index in [4.69, 9.17) is 4.74 Å². The molecule has 2 aromatic rings. The fourth-order valence-corrected chi connectivity index (χ4v) is 2.48. The molecule has 0 fully saturated rings. The van der Waals surface area contributed by atoms with Crippen LogP contribution in [0.4, 0.5) is 10.1 Å². The molecule has 2 rings (SSSR count). The predicted octanol–water partition coefficient (Wildman–Crippen LogP) is 4.06. The van der Waals surface area contributed by atoms with Gasteiger partial charge in [0.15, 0.2) is 11.6 Å². The molecule has 0 aromatic heterocycles. The van der Waals surface area contributed by atoms with Crippen molar-refractivity contribution in [3.8, 4) is 5.75 Å². The second kappa shape index (κ2) is 8.26. The summed E-state index contributed by atoms with van der Waals surface area (Å²) in [6.07, 6.45) is 0. The number of hydrogen-bond donors (Lipinski definition) is 1. The number of carbonyl (C=O) groups excluding carboxylic acids is 1. The number of likely N-dealkylation sites (N-methyl/N-ethyl adjacent to an activating group) is 1. The van der Waals surface area contributed by atoms with Crippen LogP contribution in [0, 0.1) is 5.82 Å². The van der Waals surface area contributed by atoms with E-state index in [1.807, 2.05) is 43.1 Å². The molecule has 0 aliphatic heterocycles. The fourth-order valence-electron chi connectivity index (χ4n) is 2.21. The molecular weight excluding hydrogens is 375 g/mol. The van der Waals surface area contributed by atoms with Gasteiger partial charge in [0, 0.05) is 16.7 Å². The van der Waals surface area contributed by atoms with Gasteiger partial charge < -0.3 is 10.1 Å². The highest BCUT2D eigenvalue weighted by molar-refractivity contribution is 9.10. The van der Waals surface area contributed by atoms with Crippen molar-refractivity contribution in [1.82, 2.24) is 4.90 Å². The maximum absolute atomic E-state index is 13.8. The summed E-state index contributed by atoms with van der Waals surface area (Å²) in [5, 5.41) is 2.87. The minimum absolute atomic E-state index is 0.117. The van der Waals surface area contributed by atoms with Crippen molar-refractivity contribution in [2.24, 2.45) is 0 Å². The standard InChI is InChI=1S/C18H20BrFN2O2/c1-12(18(23)21-15-7-5-14(19)6-8-15)22(2)11-13-4-9-17(24-3)16(20)10-13/h4-10,12H,11H2,1-3H3,(H,21,23)/t12-/m1/s1. The second-order valence-electron chi connectivity index (χ2n) is 5.56. The summed E-state index contributed by atoms with van der Waals surface area (Å²) >= 11 is 3.36. The normalized spacial score (nSPS) is 12.1. The lowest BCUT2D eigenvalue weighted by molar-refractivity contribution is -0.120. The lowest BCUT2D eigenvalue weighted by Gasteiger charge is -2.24. The zero-order valence-corrected chi connectivity index (χ0v) is 15.4. The smallest absolute Gasteiger partial charge is 0.241 e. The van der Waals surface area contributed by atoms with Crippen LogP contribution in [0.5, 0.6) is 5.75 Å². The van der Waals surface area contributed by atoms with Crippen molar-refractivity contribution in [3.05, 3.63) is 58.3 Å². The van der Waals surface area contributed by atoms with Crippen LogP contribution in [0.2, 0.25) is 0 Å². The van der Waals surface area contributed by atoms with Crippen LogP contribution in [0.1, 0.15) is 12.5 Å². The highest BCUT2D eigenvalue weighted by Crippen LogP contribution is 2.19. The van der Waals surface area contributed by atoms with Crippen molar-refractivity contribution >= 4 is 27.5 Å². The van der Waals surface area contributed by atoms with Crippen LogP contribution in [0.3, 0.4) is 0 Å². The van der Waals surface area contributed by atoms with Crippen molar-refractivity contribution in [2.75, 3.05) is 19.5 Å². The van der Waals surface area contributed by atoms with Crippen LogP contribution in [-0.4, -0.2) is 31.0 Å². The van der Waals surface area contributed by atoms with Gasteiger partial charge in [0.2, 0.25) is 5.91 Å². The zero-order valence-electron chi connectivity index (χ0n) is 13.8. The van der Waals surface area contributed by atoms with E-state index in [9.17, 15) is 9.18 Å². The molecule has 0 unspecified atom stereocenters. The van der Waals surface area contributed by atoms with Gasteiger partial charge in [-0.05, 0) is 55.9 Å². The average Bonchev–Trinajstić information content (AvgIpc) is 2.56. The summed E-state index contributed by atoms with van der Waals surface area (Å²) in [6, 6.07) is 11.8. The van der Waals surface area contributed by atoms with Crippen LogP contribution in [0.15, 0.2) is 46.9 Å². The molecule has 128 valence electrons. The summed E-state index contributed by atoms with van der Waals surface area (Å²) in [6.45, 7) is 2.27. The monoisotopic (exact) mass is 394 g/mol. The summed E-state index contributed by atoms with van der Waals surface area (Å²) in [5.74, 6) is -0.313. The minimum atomic E-state index is -0.407. The van der Waals surface area contributed by atoms with Gasteiger partial charge in [-0.1, -0.05) is 22.0 Å². The van der Waals surface area contributed by atoms with Gasteiger partial charge in [-0.15, -0.1) is 0 Å². The molecule has 24 heavy (non-hydrogen) atoms. The van der Waals surface area contributed by atoms with E-state index in [-0.39, 0.29) is 17.7 Å². The van der Waals surface area contributed by atoms with Gasteiger partial charge in [0.05, 0.1) is 13.2 Å². The van der Waals surface area contributed by atoms with Gasteiger partial charge in [0.1, 0.15) is 0 Å². The number of amides is 1. The number of nitrogens with one attached hydrogen (secondary N) is 1. The van der Waals surface area contributed by atoms with Crippen LogP contribution >= 0.6 is 15.9 Å². The lowest BCUT2D eigenvalue weighted by Crippen LogP contribution is -2.39. The van der Waals surface area contributed by atoms with Crippen molar-refractivity contribution in [1.29, 1.82) is 0 Å². The Hall–Kier alpha value is -1.92. The number of methoxy groups -OCH3 is 1. The third kappa shape index (κ3) is 4.79. The molecule has 0 aliphatic rings. The maximum atomic E-state index is 13.8. The molecule has 2 aromatic carbocycles. The molecule has 0 aliphatic carbocycles. The molecule has 0 spiro atoms. The first kappa shape index (κ1) is 18.4. The quantitative estimate of drug-likeness (QED) is 0.802. The molecule has 1 atom stereocenters. The fraction of sp³-hybridized carbons (Fsp3) is 0.278. The van der Waals surface area contributed by atoms with E-state index in [0.29, 0.717) is 6.54 Å². The second-order valence-corrected chi connectivity index (χ2v) is 6.47. The largest absolute Gasteiger partial charge is 0.494 e. The number of ether oxygens (including phenoxy) is 1.